The molecular weight excluding hydrogens is 294 g/mol. The predicted octanol–water partition coefficient (Wildman–Crippen LogP) is 2.54. The predicted molar refractivity (Wildman–Crippen MR) is 72.8 cm³/mol. The Hall–Kier alpha value is -2.01. The minimum atomic E-state index is -0.174. The number of benzene rings is 2. The van der Waals surface area contributed by atoms with E-state index in [1.54, 1.807) is 12.1 Å². The molecule has 0 spiro atoms. The van der Waals surface area contributed by atoms with Crippen molar-refractivity contribution in [3.05, 3.63) is 63.4 Å². The highest BCUT2D eigenvalue weighted by molar-refractivity contribution is 9.10. The van der Waals surface area contributed by atoms with Gasteiger partial charge in [0.25, 0.3) is 5.56 Å². The zero-order valence-electron chi connectivity index (χ0n) is 9.25. The summed E-state index contributed by atoms with van der Waals surface area (Å²) in [5, 5.41) is 8.57. The normalized spacial score (nSPS) is 10.7. The van der Waals surface area contributed by atoms with E-state index in [1.807, 2.05) is 36.4 Å². The maximum absolute atomic E-state index is 12.3. The van der Waals surface area contributed by atoms with Gasteiger partial charge in [-0.3, -0.25) is 4.79 Å². The average Bonchev–Trinajstić information content (AvgIpc) is 2.41. The molecule has 18 heavy (non-hydrogen) atoms. The van der Waals surface area contributed by atoms with Crippen molar-refractivity contribution in [3.8, 4) is 5.69 Å². The van der Waals surface area contributed by atoms with Crippen LogP contribution in [0.1, 0.15) is 0 Å². The van der Waals surface area contributed by atoms with Crippen molar-refractivity contribution in [2.45, 2.75) is 0 Å². The first-order valence-corrected chi connectivity index (χ1v) is 6.16. The topological polar surface area (TPSA) is 47.8 Å². The summed E-state index contributed by atoms with van der Waals surface area (Å²) in [6.07, 6.45) is 0. The van der Waals surface area contributed by atoms with Crippen LogP contribution in [-0.2, 0) is 0 Å². The summed E-state index contributed by atoms with van der Waals surface area (Å²) in [6, 6.07) is 14.6. The molecule has 0 saturated heterocycles. The number of hydrogen-bond acceptors (Lipinski definition) is 3. The number of hydrogen-bond donors (Lipinski definition) is 0. The maximum Gasteiger partial charge on any atom is 0.282 e. The third-order valence-corrected chi connectivity index (χ3v) is 3.32. The van der Waals surface area contributed by atoms with Gasteiger partial charge in [-0.05, 0) is 40.2 Å². The first-order chi connectivity index (χ1) is 8.77. The number of nitrogens with zero attached hydrogens (tertiary/aromatic N) is 3. The summed E-state index contributed by atoms with van der Waals surface area (Å²) >= 11 is 3.40. The van der Waals surface area contributed by atoms with E-state index in [2.05, 4.69) is 26.2 Å². The van der Waals surface area contributed by atoms with E-state index in [0.29, 0.717) is 16.6 Å². The van der Waals surface area contributed by atoms with E-state index in [0.717, 1.165) is 4.47 Å². The van der Waals surface area contributed by atoms with Crippen LogP contribution in [0.2, 0.25) is 0 Å². The SMILES string of the molecule is O=c1c2ccccc2nnn1-c1ccccc1Br. The summed E-state index contributed by atoms with van der Waals surface area (Å²) < 4.78 is 2.10. The highest BCUT2D eigenvalue weighted by Gasteiger charge is 2.08. The monoisotopic (exact) mass is 301 g/mol. The molecule has 0 N–H and O–H groups in total. The molecule has 0 aliphatic rings. The zero-order valence-corrected chi connectivity index (χ0v) is 10.8. The van der Waals surface area contributed by atoms with Crippen LogP contribution < -0.4 is 5.56 Å². The quantitative estimate of drug-likeness (QED) is 0.694. The van der Waals surface area contributed by atoms with Crippen LogP contribution in [0.4, 0.5) is 0 Å². The van der Waals surface area contributed by atoms with Gasteiger partial charge in [-0.2, -0.15) is 4.68 Å². The van der Waals surface area contributed by atoms with Gasteiger partial charge in [-0.1, -0.05) is 29.5 Å². The molecule has 4 nitrogen and oxygen atoms in total. The van der Waals surface area contributed by atoms with Crippen molar-refractivity contribution in [3.63, 3.8) is 0 Å². The Morgan fingerprint density at radius 1 is 1.00 bits per heavy atom. The highest BCUT2D eigenvalue weighted by atomic mass is 79.9. The third kappa shape index (κ3) is 1.73. The van der Waals surface area contributed by atoms with Crippen molar-refractivity contribution in [2.75, 3.05) is 0 Å². The van der Waals surface area contributed by atoms with Gasteiger partial charge in [0.15, 0.2) is 0 Å². The van der Waals surface area contributed by atoms with Crippen molar-refractivity contribution < 1.29 is 0 Å². The summed E-state index contributed by atoms with van der Waals surface area (Å²) in [6.45, 7) is 0. The Kier molecular flexibility index (Phi) is 2.68. The number of aromatic nitrogens is 3. The molecule has 0 bridgehead atoms. The Morgan fingerprint density at radius 3 is 2.56 bits per heavy atom. The molecule has 0 aliphatic carbocycles. The maximum atomic E-state index is 12.3. The van der Waals surface area contributed by atoms with E-state index in [9.17, 15) is 4.79 Å². The lowest BCUT2D eigenvalue weighted by atomic mass is 10.2. The molecule has 5 heteroatoms. The van der Waals surface area contributed by atoms with Crippen LogP contribution >= 0.6 is 15.9 Å². The van der Waals surface area contributed by atoms with E-state index < -0.39 is 0 Å². The molecule has 0 aliphatic heterocycles. The Balaban J connectivity index is 2.35. The molecule has 2 aromatic carbocycles. The van der Waals surface area contributed by atoms with Crippen LogP contribution in [-0.4, -0.2) is 15.0 Å². The van der Waals surface area contributed by atoms with Crippen molar-refractivity contribution in [1.29, 1.82) is 0 Å². The lowest BCUT2D eigenvalue weighted by Gasteiger charge is -2.06. The Morgan fingerprint density at radius 2 is 1.72 bits per heavy atom. The van der Waals surface area contributed by atoms with Crippen LogP contribution in [0.15, 0.2) is 57.8 Å². The van der Waals surface area contributed by atoms with Crippen LogP contribution in [0.25, 0.3) is 16.6 Å². The molecule has 0 amide bonds. The minimum absolute atomic E-state index is 0.174. The van der Waals surface area contributed by atoms with Gasteiger partial charge < -0.3 is 0 Å². The number of rotatable bonds is 1. The molecule has 0 fully saturated rings. The Bertz CT molecular complexity index is 782. The zero-order chi connectivity index (χ0) is 12.5. The van der Waals surface area contributed by atoms with Crippen molar-refractivity contribution >= 4 is 26.8 Å². The van der Waals surface area contributed by atoms with Gasteiger partial charge in [-0.25, -0.2) is 0 Å². The molecule has 3 rings (SSSR count). The number of halogens is 1. The van der Waals surface area contributed by atoms with E-state index in [1.165, 1.54) is 4.68 Å². The lowest BCUT2D eigenvalue weighted by molar-refractivity contribution is 0.735. The van der Waals surface area contributed by atoms with Crippen molar-refractivity contribution in [1.82, 2.24) is 15.0 Å². The van der Waals surface area contributed by atoms with Gasteiger partial charge in [0.2, 0.25) is 0 Å². The number of fused-ring (bicyclic) bond motifs is 1. The minimum Gasteiger partial charge on any atom is -0.267 e. The van der Waals surface area contributed by atoms with E-state index >= 15 is 0 Å². The fourth-order valence-electron chi connectivity index (χ4n) is 1.77. The first kappa shape index (κ1) is 11.1. The molecule has 3 aromatic rings. The summed E-state index contributed by atoms with van der Waals surface area (Å²) in [4.78, 5) is 12.3. The van der Waals surface area contributed by atoms with E-state index in [-0.39, 0.29) is 5.56 Å². The molecule has 0 radical (unpaired) electrons. The summed E-state index contributed by atoms with van der Waals surface area (Å²) in [7, 11) is 0. The molecule has 1 aromatic heterocycles. The van der Waals surface area contributed by atoms with Crippen LogP contribution in [0.3, 0.4) is 0 Å². The largest absolute Gasteiger partial charge is 0.282 e. The van der Waals surface area contributed by atoms with Crippen LogP contribution in [0.5, 0.6) is 0 Å². The average molecular weight is 302 g/mol. The smallest absolute Gasteiger partial charge is 0.267 e. The number of para-hydroxylation sites is 1. The van der Waals surface area contributed by atoms with Gasteiger partial charge >= 0.3 is 0 Å². The van der Waals surface area contributed by atoms with Crippen LogP contribution in [0, 0.1) is 0 Å². The van der Waals surface area contributed by atoms with Gasteiger partial charge in [0, 0.05) is 4.47 Å². The summed E-state index contributed by atoms with van der Waals surface area (Å²) in [5.74, 6) is 0. The molecule has 0 saturated carbocycles. The fourth-order valence-corrected chi connectivity index (χ4v) is 2.22. The second-order valence-corrected chi connectivity index (χ2v) is 4.63. The lowest BCUT2D eigenvalue weighted by Crippen LogP contribution is -2.22. The molecule has 1 heterocycles. The fraction of sp³-hybridized carbons (Fsp3) is 0. The second-order valence-electron chi connectivity index (χ2n) is 3.77. The molecule has 0 atom stereocenters. The molecule has 88 valence electrons. The van der Waals surface area contributed by atoms with Gasteiger partial charge in [-0.15, -0.1) is 5.10 Å². The van der Waals surface area contributed by atoms with Crippen molar-refractivity contribution in [2.24, 2.45) is 0 Å². The third-order valence-electron chi connectivity index (χ3n) is 2.65. The Labute approximate surface area is 111 Å². The van der Waals surface area contributed by atoms with Gasteiger partial charge in [0.05, 0.1) is 11.1 Å². The highest BCUT2D eigenvalue weighted by Crippen LogP contribution is 2.18. The van der Waals surface area contributed by atoms with Gasteiger partial charge in [0.1, 0.15) is 5.52 Å². The first-order valence-electron chi connectivity index (χ1n) is 5.37. The molecule has 0 unspecified atom stereocenters. The second kappa shape index (κ2) is 4.34. The van der Waals surface area contributed by atoms with E-state index in [4.69, 9.17) is 0 Å². The molecular formula is C13H8BrN3O. The summed E-state index contributed by atoms with van der Waals surface area (Å²) in [5.41, 5.74) is 1.11. The standard InChI is InChI=1S/C13H8BrN3O/c14-10-6-2-4-8-12(10)17-13(18)9-5-1-3-7-11(9)15-16-17/h1-8H.